The van der Waals surface area contributed by atoms with E-state index in [1.165, 1.54) is 6.42 Å². The van der Waals surface area contributed by atoms with Crippen LogP contribution >= 0.6 is 0 Å². The Balaban J connectivity index is 1.83. The third kappa shape index (κ3) is 4.07. The number of nitrogens with one attached hydrogen (secondary N) is 1. The number of hydrogen-bond donors (Lipinski definition) is 2. The zero-order chi connectivity index (χ0) is 9.57. The minimum atomic E-state index is -0.398. The van der Waals surface area contributed by atoms with Crippen molar-refractivity contribution in [3.8, 4) is 0 Å². The number of rotatable bonds is 7. The standard InChI is InChI=1S/C10H21NO2/c1-2-7-13-8-6-11-9-10(12)4-3-5-10/h11-12H,2-9H2,1H3. The van der Waals surface area contributed by atoms with Crippen LogP contribution in [0.1, 0.15) is 32.6 Å². The topological polar surface area (TPSA) is 41.5 Å². The van der Waals surface area contributed by atoms with Gasteiger partial charge < -0.3 is 15.2 Å². The summed E-state index contributed by atoms with van der Waals surface area (Å²) < 4.78 is 5.31. The van der Waals surface area contributed by atoms with E-state index < -0.39 is 5.60 Å². The predicted molar refractivity (Wildman–Crippen MR) is 52.8 cm³/mol. The van der Waals surface area contributed by atoms with Crippen LogP contribution in [0.25, 0.3) is 0 Å². The molecule has 0 aromatic carbocycles. The lowest BCUT2D eigenvalue weighted by Gasteiger charge is -2.36. The smallest absolute Gasteiger partial charge is 0.0771 e. The minimum Gasteiger partial charge on any atom is -0.389 e. The van der Waals surface area contributed by atoms with Crippen LogP contribution in [0, 0.1) is 0 Å². The lowest BCUT2D eigenvalue weighted by atomic mass is 9.80. The van der Waals surface area contributed by atoms with E-state index in [1.807, 2.05) is 0 Å². The van der Waals surface area contributed by atoms with Gasteiger partial charge in [0.25, 0.3) is 0 Å². The van der Waals surface area contributed by atoms with Crippen molar-refractivity contribution < 1.29 is 9.84 Å². The van der Waals surface area contributed by atoms with Gasteiger partial charge in [-0.2, -0.15) is 0 Å². The van der Waals surface area contributed by atoms with Gasteiger partial charge >= 0.3 is 0 Å². The van der Waals surface area contributed by atoms with Gasteiger partial charge in [-0.25, -0.2) is 0 Å². The van der Waals surface area contributed by atoms with Gasteiger partial charge in [-0.3, -0.25) is 0 Å². The molecule has 0 aromatic rings. The van der Waals surface area contributed by atoms with Crippen molar-refractivity contribution in [3.63, 3.8) is 0 Å². The molecule has 0 aromatic heterocycles. The average Bonchev–Trinajstić information content (AvgIpc) is 2.08. The van der Waals surface area contributed by atoms with E-state index in [4.69, 9.17) is 4.74 Å². The predicted octanol–water partition coefficient (Wildman–Crippen LogP) is 0.918. The van der Waals surface area contributed by atoms with Crippen LogP contribution in [0.15, 0.2) is 0 Å². The number of ether oxygens (including phenoxy) is 1. The first-order chi connectivity index (χ1) is 6.27. The SMILES string of the molecule is CCCOCCNCC1(O)CCC1. The molecule has 1 aliphatic rings. The molecule has 1 aliphatic carbocycles. The highest BCUT2D eigenvalue weighted by Crippen LogP contribution is 2.30. The molecule has 0 unspecified atom stereocenters. The second kappa shape index (κ2) is 5.58. The molecule has 0 aliphatic heterocycles. The first-order valence-electron chi connectivity index (χ1n) is 5.28. The van der Waals surface area contributed by atoms with Gasteiger partial charge in [-0.05, 0) is 25.7 Å². The summed E-state index contributed by atoms with van der Waals surface area (Å²) in [6, 6.07) is 0. The highest BCUT2D eigenvalue weighted by molar-refractivity contribution is 4.89. The Bertz CT molecular complexity index is 135. The van der Waals surface area contributed by atoms with E-state index in [1.54, 1.807) is 0 Å². The molecule has 3 heteroatoms. The van der Waals surface area contributed by atoms with Crippen LogP contribution in [0.3, 0.4) is 0 Å². The van der Waals surface area contributed by atoms with Crippen LogP contribution in [0.2, 0.25) is 0 Å². The van der Waals surface area contributed by atoms with E-state index in [2.05, 4.69) is 12.2 Å². The molecule has 78 valence electrons. The van der Waals surface area contributed by atoms with Crippen molar-refractivity contribution >= 4 is 0 Å². The first kappa shape index (κ1) is 11.0. The Labute approximate surface area is 80.5 Å². The molecule has 2 N–H and O–H groups in total. The fraction of sp³-hybridized carbons (Fsp3) is 1.00. The Hall–Kier alpha value is -0.120. The lowest BCUT2D eigenvalue weighted by molar-refractivity contribution is -0.0321. The highest BCUT2D eigenvalue weighted by Gasteiger charge is 2.33. The lowest BCUT2D eigenvalue weighted by Crippen LogP contribution is -2.46. The molecule has 0 bridgehead atoms. The van der Waals surface area contributed by atoms with Crippen LogP contribution < -0.4 is 5.32 Å². The largest absolute Gasteiger partial charge is 0.389 e. The zero-order valence-electron chi connectivity index (χ0n) is 8.51. The first-order valence-corrected chi connectivity index (χ1v) is 5.28. The third-order valence-corrected chi connectivity index (χ3v) is 2.51. The maximum atomic E-state index is 9.71. The molecule has 1 saturated carbocycles. The maximum Gasteiger partial charge on any atom is 0.0771 e. The van der Waals surface area contributed by atoms with Crippen molar-refractivity contribution in [2.75, 3.05) is 26.3 Å². The zero-order valence-corrected chi connectivity index (χ0v) is 8.51. The maximum absolute atomic E-state index is 9.71. The molecule has 1 rings (SSSR count). The van der Waals surface area contributed by atoms with Crippen LogP contribution in [0.4, 0.5) is 0 Å². The molecule has 0 heterocycles. The minimum absolute atomic E-state index is 0.398. The summed E-state index contributed by atoms with van der Waals surface area (Å²) in [5.41, 5.74) is -0.398. The van der Waals surface area contributed by atoms with Gasteiger partial charge in [-0.15, -0.1) is 0 Å². The van der Waals surface area contributed by atoms with E-state index in [0.29, 0.717) is 0 Å². The monoisotopic (exact) mass is 187 g/mol. The summed E-state index contributed by atoms with van der Waals surface area (Å²) in [6.45, 7) is 5.27. The van der Waals surface area contributed by atoms with Gasteiger partial charge in [0.05, 0.1) is 12.2 Å². The van der Waals surface area contributed by atoms with E-state index in [0.717, 1.165) is 45.6 Å². The van der Waals surface area contributed by atoms with Crippen molar-refractivity contribution in [2.24, 2.45) is 0 Å². The number of hydrogen-bond acceptors (Lipinski definition) is 3. The molecule has 0 saturated heterocycles. The van der Waals surface area contributed by atoms with Gasteiger partial charge in [0.1, 0.15) is 0 Å². The molecule has 0 atom stereocenters. The van der Waals surface area contributed by atoms with Crippen molar-refractivity contribution in [2.45, 2.75) is 38.2 Å². The van der Waals surface area contributed by atoms with Crippen LogP contribution in [0.5, 0.6) is 0 Å². The molecule has 3 nitrogen and oxygen atoms in total. The summed E-state index contributed by atoms with van der Waals surface area (Å²) in [5.74, 6) is 0. The average molecular weight is 187 g/mol. The van der Waals surface area contributed by atoms with Gasteiger partial charge in [-0.1, -0.05) is 6.92 Å². The highest BCUT2D eigenvalue weighted by atomic mass is 16.5. The third-order valence-electron chi connectivity index (χ3n) is 2.51. The molecule has 0 spiro atoms. The van der Waals surface area contributed by atoms with Crippen molar-refractivity contribution in [1.82, 2.24) is 5.32 Å². The summed E-state index contributed by atoms with van der Waals surface area (Å²) in [4.78, 5) is 0. The second-order valence-corrected chi connectivity index (χ2v) is 3.87. The van der Waals surface area contributed by atoms with Crippen molar-refractivity contribution in [3.05, 3.63) is 0 Å². The molecule has 1 fully saturated rings. The van der Waals surface area contributed by atoms with Crippen LogP contribution in [-0.4, -0.2) is 37.0 Å². The molecule has 0 radical (unpaired) electrons. The van der Waals surface area contributed by atoms with Gasteiger partial charge in [0, 0.05) is 19.7 Å². The summed E-state index contributed by atoms with van der Waals surface area (Å²) in [7, 11) is 0. The van der Waals surface area contributed by atoms with E-state index in [9.17, 15) is 5.11 Å². The normalized spacial score (nSPS) is 19.8. The Kier molecular flexibility index (Phi) is 4.70. The second-order valence-electron chi connectivity index (χ2n) is 3.87. The Morgan fingerprint density at radius 1 is 1.38 bits per heavy atom. The van der Waals surface area contributed by atoms with Crippen molar-refractivity contribution in [1.29, 1.82) is 0 Å². The summed E-state index contributed by atoms with van der Waals surface area (Å²) in [5, 5.41) is 12.9. The molecular formula is C10H21NO2. The summed E-state index contributed by atoms with van der Waals surface area (Å²) in [6.07, 6.45) is 4.15. The molecule has 13 heavy (non-hydrogen) atoms. The molecule has 0 amide bonds. The van der Waals surface area contributed by atoms with E-state index in [-0.39, 0.29) is 0 Å². The summed E-state index contributed by atoms with van der Waals surface area (Å²) >= 11 is 0. The molecular weight excluding hydrogens is 166 g/mol. The van der Waals surface area contributed by atoms with E-state index >= 15 is 0 Å². The Morgan fingerprint density at radius 3 is 2.69 bits per heavy atom. The fourth-order valence-corrected chi connectivity index (χ4v) is 1.47. The fourth-order valence-electron chi connectivity index (χ4n) is 1.47. The van der Waals surface area contributed by atoms with Gasteiger partial charge in [0.15, 0.2) is 0 Å². The number of aliphatic hydroxyl groups is 1. The quantitative estimate of drug-likeness (QED) is 0.582. The van der Waals surface area contributed by atoms with Crippen LogP contribution in [-0.2, 0) is 4.74 Å². The Morgan fingerprint density at radius 2 is 2.15 bits per heavy atom. The van der Waals surface area contributed by atoms with Gasteiger partial charge in [0.2, 0.25) is 0 Å².